The summed E-state index contributed by atoms with van der Waals surface area (Å²) in [5.74, 6) is 0. The van der Waals surface area contributed by atoms with Crippen molar-refractivity contribution in [3.05, 3.63) is 0 Å². The monoisotopic (exact) mass is 196 g/mol. The minimum Gasteiger partial charge on any atom is -0.396 e. The minimum atomic E-state index is 0.269. The van der Waals surface area contributed by atoms with E-state index in [2.05, 4.69) is 11.0 Å². The molecule has 1 aliphatic carbocycles. The first-order valence-electron chi connectivity index (χ1n) is 5.60. The molecule has 0 aromatic heterocycles. The Hall–Kier alpha value is -0.590. The quantitative estimate of drug-likeness (QED) is 0.517. The molecule has 1 saturated carbocycles. The minimum absolute atomic E-state index is 0.269. The first-order valence-corrected chi connectivity index (χ1v) is 5.60. The van der Waals surface area contributed by atoms with Crippen molar-refractivity contribution >= 4 is 0 Å². The van der Waals surface area contributed by atoms with Gasteiger partial charge in [0.2, 0.25) is 0 Å². The van der Waals surface area contributed by atoms with Gasteiger partial charge in [-0.2, -0.15) is 5.26 Å². The summed E-state index contributed by atoms with van der Waals surface area (Å²) >= 11 is 0. The smallest absolute Gasteiger partial charge is 0.0868 e. The lowest BCUT2D eigenvalue weighted by atomic mass is 10.2. The van der Waals surface area contributed by atoms with Crippen molar-refractivity contribution in [3.63, 3.8) is 0 Å². The molecule has 0 bridgehead atoms. The van der Waals surface area contributed by atoms with E-state index in [4.69, 9.17) is 10.4 Å². The number of nitrogens with zero attached hydrogens (tertiary/aromatic N) is 2. The van der Waals surface area contributed by atoms with Gasteiger partial charge in [-0.15, -0.1) is 0 Å². The third kappa shape index (κ3) is 3.65. The van der Waals surface area contributed by atoms with Crippen LogP contribution in [-0.4, -0.2) is 35.7 Å². The number of hydrogen-bond acceptors (Lipinski definition) is 3. The van der Waals surface area contributed by atoms with Gasteiger partial charge in [0, 0.05) is 12.6 Å². The normalized spacial score (nSPS) is 17.5. The second-order valence-corrected chi connectivity index (χ2v) is 4.00. The van der Waals surface area contributed by atoms with Crippen LogP contribution in [0.4, 0.5) is 0 Å². The number of hydrogen-bond donors (Lipinski definition) is 1. The molecule has 1 aliphatic rings. The molecule has 0 aromatic carbocycles. The maximum atomic E-state index is 8.71. The SMILES string of the molecule is N#CCN(CCCCO)C1CCCC1. The molecule has 1 fully saturated rings. The third-order valence-corrected chi connectivity index (χ3v) is 2.97. The van der Waals surface area contributed by atoms with Gasteiger partial charge in [0.25, 0.3) is 0 Å². The Morgan fingerprint density at radius 2 is 2.00 bits per heavy atom. The summed E-state index contributed by atoms with van der Waals surface area (Å²) in [4.78, 5) is 2.28. The molecular weight excluding hydrogens is 176 g/mol. The van der Waals surface area contributed by atoms with Gasteiger partial charge in [0.1, 0.15) is 0 Å². The van der Waals surface area contributed by atoms with Crippen LogP contribution in [0, 0.1) is 11.3 Å². The molecule has 0 aliphatic heterocycles. The lowest BCUT2D eigenvalue weighted by molar-refractivity contribution is 0.206. The molecule has 0 heterocycles. The second-order valence-electron chi connectivity index (χ2n) is 4.00. The van der Waals surface area contributed by atoms with E-state index in [9.17, 15) is 0 Å². The molecule has 3 heteroatoms. The highest BCUT2D eigenvalue weighted by atomic mass is 16.2. The van der Waals surface area contributed by atoms with E-state index >= 15 is 0 Å². The van der Waals surface area contributed by atoms with Crippen molar-refractivity contribution < 1.29 is 5.11 Å². The Kier molecular flexibility index (Phi) is 5.58. The van der Waals surface area contributed by atoms with E-state index < -0.39 is 0 Å². The van der Waals surface area contributed by atoms with Gasteiger partial charge < -0.3 is 5.11 Å². The fraction of sp³-hybridized carbons (Fsp3) is 0.909. The lowest BCUT2D eigenvalue weighted by Gasteiger charge is -2.25. The average Bonchev–Trinajstić information content (AvgIpc) is 2.70. The van der Waals surface area contributed by atoms with E-state index in [1.165, 1.54) is 25.7 Å². The van der Waals surface area contributed by atoms with Crippen LogP contribution in [0.3, 0.4) is 0 Å². The molecule has 80 valence electrons. The molecule has 1 N–H and O–H groups in total. The van der Waals surface area contributed by atoms with Crippen LogP contribution < -0.4 is 0 Å². The largest absolute Gasteiger partial charge is 0.396 e. The molecule has 0 unspecified atom stereocenters. The van der Waals surface area contributed by atoms with Gasteiger partial charge in [-0.1, -0.05) is 12.8 Å². The molecule has 1 rings (SSSR count). The molecule has 0 saturated heterocycles. The van der Waals surface area contributed by atoms with Gasteiger partial charge in [0.05, 0.1) is 12.6 Å². The Labute approximate surface area is 86.3 Å². The molecule has 0 radical (unpaired) electrons. The number of rotatable bonds is 6. The fourth-order valence-corrected chi connectivity index (χ4v) is 2.18. The lowest BCUT2D eigenvalue weighted by Crippen LogP contribution is -2.34. The summed E-state index contributed by atoms with van der Waals surface area (Å²) in [6.45, 7) is 1.79. The van der Waals surface area contributed by atoms with Crippen molar-refractivity contribution in [1.29, 1.82) is 5.26 Å². The van der Waals surface area contributed by atoms with Crippen molar-refractivity contribution in [2.24, 2.45) is 0 Å². The first kappa shape index (κ1) is 11.5. The molecule has 0 atom stereocenters. The van der Waals surface area contributed by atoms with Crippen LogP contribution in [0.15, 0.2) is 0 Å². The Morgan fingerprint density at radius 3 is 2.57 bits per heavy atom. The highest BCUT2D eigenvalue weighted by Gasteiger charge is 2.21. The highest BCUT2D eigenvalue weighted by molar-refractivity contribution is 4.84. The zero-order valence-corrected chi connectivity index (χ0v) is 8.78. The molecule has 3 nitrogen and oxygen atoms in total. The molecule has 0 amide bonds. The molecular formula is C11H20N2O. The summed E-state index contributed by atoms with van der Waals surface area (Å²) in [7, 11) is 0. The van der Waals surface area contributed by atoms with Crippen LogP contribution in [0.25, 0.3) is 0 Å². The van der Waals surface area contributed by atoms with Crippen LogP contribution in [0.2, 0.25) is 0 Å². The van der Waals surface area contributed by atoms with E-state index in [-0.39, 0.29) is 6.61 Å². The van der Waals surface area contributed by atoms with Crippen molar-refractivity contribution in [2.45, 2.75) is 44.6 Å². The standard InChI is InChI=1S/C11H20N2O/c12-7-9-13(8-3-4-10-14)11-5-1-2-6-11/h11,14H,1-6,8-10H2. The van der Waals surface area contributed by atoms with Crippen LogP contribution in [0.1, 0.15) is 38.5 Å². The van der Waals surface area contributed by atoms with Crippen LogP contribution >= 0.6 is 0 Å². The fourth-order valence-electron chi connectivity index (χ4n) is 2.18. The van der Waals surface area contributed by atoms with Crippen molar-refractivity contribution in [2.75, 3.05) is 19.7 Å². The average molecular weight is 196 g/mol. The topological polar surface area (TPSA) is 47.3 Å². The molecule has 14 heavy (non-hydrogen) atoms. The maximum absolute atomic E-state index is 8.71. The number of aliphatic hydroxyl groups excluding tert-OH is 1. The summed E-state index contributed by atoms with van der Waals surface area (Å²) in [5.41, 5.74) is 0. The highest BCUT2D eigenvalue weighted by Crippen LogP contribution is 2.23. The zero-order valence-electron chi connectivity index (χ0n) is 8.78. The van der Waals surface area contributed by atoms with E-state index in [1.54, 1.807) is 0 Å². The second kappa shape index (κ2) is 6.80. The summed E-state index contributed by atoms with van der Waals surface area (Å²) in [6.07, 6.45) is 6.99. The Bertz CT molecular complexity index is 182. The number of nitriles is 1. The van der Waals surface area contributed by atoms with E-state index in [0.29, 0.717) is 12.6 Å². The van der Waals surface area contributed by atoms with Gasteiger partial charge >= 0.3 is 0 Å². The summed E-state index contributed by atoms with van der Waals surface area (Å²) in [5, 5.41) is 17.4. The van der Waals surface area contributed by atoms with E-state index in [0.717, 1.165) is 19.4 Å². The van der Waals surface area contributed by atoms with Gasteiger partial charge in [-0.3, -0.25) is 4.90 Å². The first-order chi connectivity index (χ1) is 6.88. The third-order valence-electron chi connectivity index (χ3n) is 2.97. The Balaban J connectivity index is 2.26. The predicted octanol–water partition coefficient (Wildman–Crippen LogP) is 1.53. The van der Waals surface area contributed by atoms with Gasteiger partial charge in [-0.05, 0) is 32.2 Å². The number of unbranched alkanes of at least 4 members (excludes halogenated alkanes) is 1. The summed E-state index contributed by atoms with van der Waals surface area (Å²) in [6, 6.07) is 2.87. The predicted molar refractivity (Wildman–Crippen MR) is 55.8 cm³/mol. The van der Waals surface area contributed by atoms with Gasteiger partial charge in [-0.25, -0.2) is 0 Å². The maximum Gasteiger partial charge on any atom is 0.0868 e. The van der Waals surface area contributed by atoms with Crippen molar-refractivity contribution in [3.8, 4) is 6.07 Å². The zero-order chi connectivity index (χ0) is 10.2. The molecule has 0 spiro atoms. The van der Waals surface area contributed by atoms with E-state index in [1.807, 2.05) is 0 Å². The number of aliphatic hydroxyl groups is 1. The van der Waals surface area contributed by atoms with Crippen LogP contribution in [0.5, 0.6) is 0 Å². The Morgan fingerprint density at radius 1 is 1.29 bits per heavy atom. The van der Waals surface area contributed by atoms with Crippen molar-refractivity contribution in [1.82, 2.24) is 4.90 Å². The molecule has 0 aromatic rings. The van der Waals surface area contributed by atoms with Gasteiger partial charge in [0.15, 0.2) is 0 Å². The summed E-state index contributed by atoms with van der Waals surface area (Å²) < 4.78 is 0. The van der Waals surface area contributed by atoms with Crippen LogP contribution in [-0.2, 0) is 0 Å².